The van der Waals surface area contributed by atoms with E-state index in [-0.39, 0.29) is 0 Å². The molecule has 2 aromatic carbocycles. The van der Waals surface area contributed by atoms with E-state index in [1.165, 1.54) is 16.7 Å². The zero-order valence-corrected chi connectivity index (χ0v) is 14.1. The second-order valence-electron chi connectivity index (χ2n) is 5.52. The highest BCUT2D eigenvalue weighted by Crippen LogP contribution is 2.31. The van der Waals surface area contributed by atoms with Gasteiger partial charge in [0.1, 0.15) is 11.1 Å². The zero-order valence-electron chi connectivity index (χ0n) is 13.3. The molecule has 0 aliphatic heterocycles. The van der Waals surface area contributed by atoms with E-state index in [1.54, 1.807) is 12.4 Å². The first-order valence-electron chi connectivity index (χ1n) is 7.81. The number of benzene rings is 2. The van der Waals surface area contributed by atoms with E-state index in [0.29, 0.717) is 10.6 Å². The van der Waals surface area contributed by atoms with Crippen LogP contribution in [0.5, 0.6) is 0 Å². The third-order valence-corrected chi connectivity index (χ3v) is 4.79. The summed E-state index contributed by atoms with van der Waals surface area (Å²) in [6.45, 7) is 0. The van der Waals surface area contributed by atoms with Gasteiger partial charge in [-0.1, -0.05) is 48.5 Å². The topological polar surface area (TPSA) is 49.6 Å². The smallest absolute Gasteiger partial charge is 0.134 e. The fraction of sp³-hybridized carbons (Fsp3) is 0. The van der Waals surface area contributed by atoms with Crippen LogP contribution < -0.4 is 0 Å². The average Bonchev–Trinajstić information content (AvgIpc) is 3.16. The summed E-state index contributed by atoms with van der Waals surface area (Å²) in [7, 11) is 0. The second kappa shape index (κ2) is 6.68. The van der Waals surface area contributed by atoms with Crippen molar-refractivity contribution < 1.29 is 0 Å². The van der Waals surface area contributed by atoms with Gasteiger partial charge in [-0.2, -0.15) is 5.26 Å². The second-order valence-corrected chi connectivity index (χ2v) is 6.38. The molecule has 0 saturated heterocycles. The minimum atomic E-state index is 0.546. The fourth-order valence-corrected chi connectivity index (χ4v) is 3.53. The molecule has 0 unspecified atom stereocenters. The first kappa shape index (κ1) is 15.3. The van der Waals surface area contributed by atoms with Crippen molar-refractivity contribution in [2.75, 3.05) is 0 Å². The maximum Gasteiger partial charge on any atom is 0.134 e. The molecule has 4 heteroatoms. The van der Waals surface area contributed by atoms with Gasteiger partial charge in [0, 0.05) is 23.3 Å². The molecule has 0 radical (unpaired) electrons. The van der Waals surface area contributed by atoms with Crippen molar-refractivity contribution in [3.05, 3.63) is 82.9 Å². The van der Waals surface area contributed by atoms with Crippen LogP contribution in [0.1, 0.15) is 10.6 Å². The lowest BCUT2D eigenvalue weighted by atomic mass is 10.0. The van der Waals surface area contributed by atoms with Crippen LogP contribution in [-0.4, -0.2) is 9.97 Å². The molecular formula is C21H13N3S. The molecule has 0 fully saturated rings. The largest absolute Gasteiger partial charge is 0.264 e. The van der Waals surface area contributed by atoms with Gasteiger partial charge in [0.15, 0.2) is 0 Å². The Morgan fingerprint density at radius 1 is 1.04 bits per heavy atom. The summed E-state index contributed by atoms with van der Waals surface area (Å²) in [6.07, 6.45) is 5.26. The SMILES string of the molecule is N#C/C(=C\c1cccnc1)c1nc(-c2cccc3ccccc23)cs1. The Kier molecular flexibility index (Phi) is 4.07. The molecule has 2 heterocycles. The van der Waals surface area contributed by atoms with Crippen LogP contribution in [0.4, 0.5) is 0 Å². The summed E-state index contributed by atoms with van der Waals surface area (Å²) in [6, 6.07) is 20.5. The van der Waals surface area contributed by atoms with Crippen LogP contribution in [0.15, 0.2) is 72.4 Å². The van der Waals surface area contributed by atoms with E-state index in [2.05, 4.69) is 35.3 Å². The number of nitrogens with zero attached hydrogens (tertiary/aromatic N) is 3. The highest BCUT2D eigenvalue weighted by molar-refractivity contribution is 7.11. The number of aromatic nitrogens is 2. The number of hydrogen-bond donors (Lipinski definition) is 0. The summed E-state index contributed by atoms with van der Waals surface area (Å²) in [4.78, 5) is 8.79. The number of thiazole rings is 1. The summed E-state index contributed by atoms with van der Waals surface area (Å²) in [5.41, 5.74) is 3.41. The van der Waals surface area contributed by atoms with Gasteiger partial charge in [0.05, 0.1) is 11.3 Å². The van der Waals surface area contributed by atoms with Gasteiger partial charge in [0.2, 0.25) is 0 Å². The van der Waals surface area contributed by atoms with E-state index in [0.717, 1.165) is 22.2 Å². The Bertz CT molecular complexity index is 1100. The van der Waals surface area contributed by atoms with Crippen LogP contribution in [-0.2, 0) is 0 Å². The summed E-state index contributed by atoms with van der Waals surface area (Å²) >= 11 is 1.48. The molecule has 2 aromatic heterocycles. The van der Waals surface area contributed by atoms with Crippen LogP contribution >= 0.6 is 11.3 Å². The van der Waals surface area contributed by atoms with Crippen LogP contribution in [0.2, 0.25) is 0 Å². The molecule has 118 valence electrons. The normalized spacial score (nSPS) is 11.4. The highest BCUT2D eigenvalue weighted by atomic mass is 32.1. The Morgan fingerprint density at radius 2 is 1.92 bits per heavy atom. The molecule has 0 atom stereocenters. The number of hydrogen-bond acceptors (Lipinski definition) is 4. The lowest BCUT2D eigenvalue weighted by Crippen LogP contribution is -1.84. The van der Waals surface area contributed by atoms with E-state index >= 15 is 0 Å². The van der Waals surface area contributed by atoms with Gasteiger partial charge in [-0.05, 0) is 28.5 Å². The highest BCUT2D eigenvalue weighted by Gasteiger charge is 2.11. The molecule has 0 N–H and O–H groups in total. The third kappa shape index (κ3) is 3.06. The average molecular weight is 339 g/mol. The molecule has 4 rings (SSSR count). The number of allylic oxidation sites excluding steroid dienone is 1. The van der Waals surface area contributed by atoms with Crippen molar-refractivity contribution in [1.82, 2.24) is 9.97 Å². The van der Waals surface area contributed by atoms with Crippen molar-refractivity contribution >= 4 is 33.8 Å². The standard InChI is InChI=1S/C21H13N3S/c22-12-17(11-15-5-4-10-23-13-15)21-24-20(14-25-21)19-9-3-7-16-6-1-2-8-18(16)19/h1-11,13-14H/b17-11+. The lowest BCUT2D eigenvalue weighted by Gasteiger charge is -2.03. The van der Waals surface area contributed by atoms with Gasteiger partial charge in [0.25, 0.3) is 0 Å². The number of rotatable bonds is 3. The first-order valence-corrected chi connectivity index (χ1v) is 8.69. The van der Waals surface area contributed by atoms with Gasteiger partial charge in [-0.15, -0.1) is 11.3 Å². The molecule has 3 nitrogen and oxygen atoms in total. The van der Waals surface area contributed by atoms with Gasteiger partial charge < -0.3 is 0 Å². The summed E-state index contributed by atoms with van der Waals surface area (Å²) < 4.78 is 0. The molecule has 0 bridgehead atoms. The van der Waals surface area contributed by atoms with Crippen molar-refractivity contribution in [2.45, 2.75) is 0 Å². The van der Waals surface area contributed by atoms with Gasteiger partial charge >= 0.3 is 0 Å². The first-order chi connectivity index (χ1) is 12.3. The van der Waals surface area contributed by atoms with Crippen molar-refractivity contribution in [1.29, 1.82) is 5.26 Å². The molecule has 0 aliphatic carbocycles. The lowest BCUT2D eigenvalue weighted by molar-refractivity contribution is 1.32. The predicted molar refractivity (Wildman–Crippen MR) is 103 cm³/mol. The van der Waals surface area contributed by atoms with E-state index in [4.69, 9.17) is 4.98 Å². The quantitative estimate of drug-likeness (QED) is 0.468. The van der Waals surface area contributed by atoms with Crippen molar-refractivity contribution in [3.63, 3.8) is 0 Å². The van der Waals surface area contributed by atoms with E-state index in [9.17, 15) is 5.26 Å². The Labute approximate surface area is 149 Å². The summed E-state index contributed by atoms with van der Waals surface area (Å²) in [5.74, 6) is 0. The summed E-state index contributed by atoms with van der Waals surface area (Å²) in [5, 5.41) is 14.6. The number of pyridine rings is 1. The molecule has 0 saturated carbocycles. The maximum atomic E-state index is 9.52. The third-order valence-electron chi connectivity index (χ3n) is 3.92. The van der Waals surface area contributed by atoms with E-state index in [1.807, 2.05) is 41.8 Å². The number of nitriles is 1. The predicted octanol–water partition coefficient (Wildman–Crippen LogP) is 5.42. The Morgan fingerprint density at radius 3 is 2.76 bits per heavy atom. The van der Waals surface area contributed by atoms with Crippen LogP contribution in [0.3, 0.4) is 0 Å². The molecule has 25 heavy (non-hydrogen) atoms. The fourth-order valence-electron chi connectivity index (χ4n) is 2.74. The Balaban J connectivity index is 1.77. The van der Waals surface area contributed by atoms with Gasteiger partial charge in [-0.25, -0.2) is 4.98 Å². The van der Waals surface area contributed by atoms with Crippen LogP contribution in [0.25, 0.3) is 33.7 Å². The minimum Gasteiger partial charge on any atom is -0.264 e. The van der Waals surface area contributed by atoms with Crippen LogP contribution in [0, 0.1) is 11.3 Å². The Hall–Kier alpha value is -3.29. The van der Waals surface area contributed by atoms with E-state index < -0.39 is 0 Å². The van der Waals surface area contributed by atoms with Crippen molar-refractivity contribution in [3.8, 4) is 17.3 Å². The number of fused-ring (bicyclic) bond motifs is 1. The van der Waals surface area contributed by atoms with Gasteiger partial charge in [-0.3, -0.25) is 4.98 Å². The molecule has 4 aromatic rings. The minimum absolute atomic E-state index is 0.546. The maximum absolute atomic E-state index is 9.52. The van der Waals surface area contributed by atoms with Crippen molar-refractivity contribution in [2.24, 2.45) is 0 Å². The molecule has 0 amide bonds. The monoisotopic (exact) mass is 339 g/mol. The molecular weight excluding hydrogens is 326 g/mol. The zero-order chi connectivity index (χ0) is 17.1. The molecule has 0 aliphatic rings. The molecule has 0 spiro atoms.